The molecule has 0 radical (unpaired) electrons. The van der Waals surface area contributed by atoms with Gasteiger partial charge in [0.25, 0.3) is 5.69 Å². The van der Waals surface area contributed by atoms with Crippen LogP contribution in [0.5, 0.6) is 0 Å². The van der Waals surface area contributed by atoms with E-state index in [2.05, 4.69) is 4.90 Å². The molecule has 2 N–H and O–H groups in total. The first kappa shape index (κ1) is 13.8. The zero-order valence-electron chi connectivity index (χ0n) is 12.5. The van der Waals surface area contributed by atoms with Crippen LogP contribution in [0.3, 0.4) is 0 Å². The van der Waals surface area contributed by atoms with Gasteiger partial charge in [-0.2, -0.15) is 0 Å². The Balaban J connectivity index is 1.66. The van der Waals surface area contributed by atoms with Crippen LogP contribution in [0.25, 0.3) is 0 Å². The van der Waals surface area contributed by atoms with Gasteiger partial charge in [0, 0.05) is 24.8 Å². The van der Waals surface area contributed by atoms with E-state index < -0.39 is 0 Å². The maximum absolute atomic E-state index is 11.3. The van der Waals surface area contributed by atoms with E-state index >= 15 is 0 Å². The molecule has 3 aliphatic rings. The van der Waals surface area contributed by atoms with Crippen LogP contribution in [-0.4, -0.2) is 30.2 Å². The predicted molar refractivity (Wildman–Crippen MR) is 83.9 cm³/mol. The molecular formula is C16H21N3O3. The van der Waals surface area contributed by atoms with Crippen LogP contribution in [0.2, 0.25) is 0 Å². The molecule has 3 fully saturated rings. The monoisotopic (exact) mass is 303 g/mol. The molecule has 22 heavy (non-hydrogen) atoms. The summed E-state index contributed by atoms with van der Waals surface area (Å²) in [4.78, 5) is 13.1. The van der Waals surface area contributed by atoms with E-state index in [1.165, 1.54) is 25.3 Å². The molecule has 0 aromatic heterocycles. The molecule has 6 nitrogen and oxygen atoms in total. The fraction of sp³-hybridized carbons (Fsp3) is 0.625. The van der Waals surface area contributed by atoms with Crippen molar-refractivity contribution in [2.24, 2.45) is 11.8 Å². The molecule has 6 heteroatoms. The predicted octanol–water partition coefficient (Wildman–Crippen LogP) is 2.57. The van der Waals surface area contributed by atoms with Gasteiger partial charge in [-0.15, -0.1) is 0 Å². The number of fused-ring (bicyclic) bond motifs is 3. The number of nitro benzene ring substituents is 1. The van der Waals surface area contributed by atoms with Crippen LogP contribution in [0.1, 0.15) is 25.7 Å². The highest BCUT2D eigenvalue weighted by atomic mass is 16.6. The Hall–Kier alpha value is -1.82. The Kier molecular flexibility index (Phi) is 3.04. The molecular weight excluding hydrogens is 282 g/mol. The molecule has 3 unspecified atom stereocenters. The standard InChI is InChI=1S/C16H21N3O3/c17-13-3-4-14(19(20)21)15(8-13)18-5-6-22-16(10-18)9-11-1-2-12(16)7-11/h3-4,8,11-12H,1-2,5-7,9-10,17H2. The molecule has 1 aromatic rings. The Morgan fingerprint density at radius 3 is 2.95 bits per heavy atom. The van der Waals surface area contributed by atoms with E-state index in [0.717, 1.165) is 18.9 Å². The molecule has 3 atom stereocenters. The van der Waals surface area contributed by atoms with Gasteiger partial charge in [-0.1, -0.05) is 0 Å². The largest absolute Gasteiger partial charge is 0.399 e. The number of hydrogen-bond donors (Lipinski definition) is 1. The van der Waals surface area contributed by atoms with Crippen LogP contribution < -0.4 is 10.6 Å². The molecule has 2 bridgehead atoms. The van der Waals surface area contributed by atoms with Crippen molar-refractivity contribution in [1.29, 1.82) is 0 Å². The fourth-order valence-corrected chi connectivity index (χ4v) is 4.72. The Morgan fingerprint density at radius 2 is 2.27 bits per heavy atom. The number of nitrogen functional groups attached to an aromatic ring is 1. The van der Waals surface area contributed by atoms with Crippen LogP contribution in [0, 0.1) is 22.0 Å². The van der Waals surface area contributed by atoms with Crippen LogP contribution in [0.4, 0.5) is 17.1 Å². The van der Waals surface area contributed by atoms with E-state index in [9.17, 15) is 10.1 Å². The topological polar surface area (TPSA) is 81.6 Å². The van der Waals surface area contributed by atoms with Crippen molar-refractivity contribution in [2.75, 3.05) is 30.3 Å². The number of hydrogen-bond acceptors (Lipinski definition) is 5. The third kappa shape index (κ3) is 2.05. The first-order chi connectivity index (χ1) is 10.6. The quantitative estimate of drug-likeness (QED) is 0.516. The highest BCUT2D eigenvalue weighted by Gasteiger charge is 2.54. The number of ether oxygens (including phenoxy) is 1. The van der Waals surface area contributed by atoms with Gasteiger partial charge in [0.1, 0.15) is 5.69 Å². The number of morpholine rings is 1. The van der Waals surface area contributed by atoms with Gasteiger partial charge in [-0.25, -0.2) is 0 Å². The number of benzene rings is 1. The average molecular weight is 303 g/mol. The summed E-state index contributed by atoms with van der Waals surface area (Å²) < 4.78 is 6.20. The Bertz CT molecular complexity index is 621. The number of nitrogens with two attached hydrogens (primary N) is 1. The maximum Gasteiger partial charge on any atom is 0.292 e. The van der Waals surface area contributed by atoms with E-state index in [4.69, 9.17) is 10.5 Å². The third-order valence-corrected chi connectivity index (χ3v) is 5.67. The van der Waals surface area contributed by atoms with Gasteiger partial charge in [0.15, 0.2) is 0 Å². The molecule has 1 aromatic carbocycles. The number of nitrogens with zero attached hydrogens (tertiary/aromatic N) is 2. The van der Waals surface area contributed by atoms with Crippen LogP contribution in [0.15, 0.2) is 18.2 Å². The van der Waals surface area contributed by atoms with Gasteiger partial charge in [-0.05, 0) is 49.7 Å². The maximum atomic E-state index is 11.3. The van der Waals surface area contributed by atoms with Gasteiger partial charge in [0.05, 0.1) is 17.1 Å². The minimum absolute atomic E-state index is 0.0976. The molecule has 118 valence electrons. The fourth-order valence-electron chi connectivity index (χ4n) is 4.72. The molecule has 1 heterocycles. The number of rotatable bonds is 2. The van der Waals surface area contributed by atoms with Crippen molar-refractivity contribution in [1.82, 2.24) is 0 Å². The molecule has 1 spiro atoms. The summed E-state index contributed by atoms with van der Waals surface area (Å²) in [6, 6.07) is 4.83. The van der Waals surface area contributed by atoms with Crippen molar-refractivity contribution in [2.45, 2.75) is 31.3 Å². The SMILES string of the molecule is Nc1ccc([N+](=O)[O-])c(N2CCOC3(CC4CCC3C4)C2)c1. The van der Waals surface area contributed by atoms with E-state index in [0.29, 0.717) is 30.4 Å². The van der Waals surface area contributed by atoms with Crippen molar-refractivity contribution < 1.29 is 9.66 Å². The van der Waals surface area contributed by atoms with Gasteiger partial charge >= 0.3 is 0 Å². The Labute approximate surface area is 129 Å². The molecule has 1 saturated heterocycles. The van der Waals surface area contributed by atoms with Crippen molar-refractivity contribution >= 4 is 17.1 Å². The van der Waals surface area contributed by atoms with Gasteiger partial charge in [-0.3, -0.25) is 10.1 Å². The summed E-state index contributed by atoms with van der Waals surface area (Å²) in [6.45, 7) is 2.07. The first-order valence-corrected chi connectivity index (χ1v) is 8.00. The lowest BCUT2D eigenvalue weighted by Gasteiger charge is -2.46. The summed E-state index contributed by atoms with van der Waals surface area (Å²) in [5.41, 5.74) is 7.09. The molecule has 2 aliphatic carbocycles. The molecule has 0 amide bonds. The average Bonchev–Trinajstić information content (AvgIpc) is 3.07. The second-order valence-corrected chi connectivity index (χ2v) is 6.92. The van der Waals surface area contributed by atoms with Crippen LogP contribution in [-0.2, 0) is 4.74 Å². The molecule has 4 rings (SSSR count). The van der Waals surface area contributed by atoms with Crippen molar-refractivity contribution in [3.8, 4) is 0 Å². The van der Waals surface area contributed by atoms with Gasteiger partial charge < -0.3 is 15.4 Å². The third-order valence-electron chi connectivity index (χ3n) is 5.67. The summed E-state index contributed by atoms with van der Waals surface area (Å²) in [7, 11) is 0. The smallest absolute Gasteiger partial charge is 0.292 e. The second-order valence-electron chi connectivity index (χ2n) is 6.92. The minimum Gasteiger partial charge on any atom is -0.399 e. The lowest BCUT2D eigenvalue weighted by Crippen LogP contribution is -2.54. The number of nitro groups is 1. The van der Waals surface area contributed by atoms with E-state index in [-0.39, 0.29) is 16.2 Å². The number of anilines is 2. The highest BCUT2D eigenvalue weighted by molar-refractivity contribution is 5.69. The summed E-state index contributed by atoms with van der Waals surface area (Å²) in [5.74, 6) is 1.39. The van der Waals surface area contributed by atoms with Crippen LogP contribution >= 0.6 is 0 Å². The molecule has 2 saturated carbocycles. The highest BCUT2D eigenvalue weighted by Crippen LogP contribution is 2.54. The normalized spacial score (nSPS) is 33.5. The van der Waals surface area contributed by atoms with Gasteiger partial charge in [0.2, 0.25) is 0 Å². The lowest BCUT2D eigenvalue weighted by molar-refractivity contribution is -0.384. The van der Waals surface area contributed by atoms with E-state index in [1.54, 1.807) is 12.1 Å². The van der Waals surface area contributed by atoms with E-state index in [1.807, 2.05) is 0 Å². The van der Waals surface area contributed by atoms with Crippen molar-refractivity contribution in [3.05, 3.63) is 28.3 Å². The first-order valence-electron chi connectivity index (χ1n) is 8.00. The molecule has 1 aliphatic heterocycles. The Morgan fingerprint density at radius 1 is 1.41 bits per heavy atom. The van der Waals surface area contributed by atoms with Crippen molar-refractivity contribution in [3.63, 3.8) is 0 Å². The zero-order chi connectivity index (χ0) is 15.3. The minimum atomic E-state index is -0.322. The summed E-state index contributed by atoms with van der Waals surface area (Å²) in [6.07, 6.45) is 4.91. The second kappa shape index (κ2) is 4.84. The summed E-state index contributed by atoms with van der Waals surface area (Å²) >= 11 is 0. The summed E-state index contributed by atoms with van der Waals surface area (Å²) in [5, 5.41) is 11.3. The zero-order valence-corrected chi connectivity index (χ0v) is 12.5. The lowest BCUT2D eigenvalue weighted by atomic mass is 9.82.